The largest absolute Gasteiger partial charge is 0.458 e. The van der Waals surface area contributed by atoms with E-state index in [1.807, 2.05) is 11.8 Å². The molecule has 0 bridgehead atoms. The number of carbonyl (C=O) groups excluding carboxylic acids is 4. The fourth-order valence-corrected chi connectivity index (χ4v) is 10.4. The molecule has 2 aromatic rings. The molecule has 3 saturated heterocycles. The third-order valence-electron chi connectivity index (χ3n) is 13.8. The number of Topliss-reactive ketones (excluding diaryl/α,β-unsaturated/α-hetero) is 2. The summed E-state index contributed by atoms with van der Waals surface area (Å²) in [6.07, 6.45) is -4.00. The second-order valence-corrected chi connectivity index (χ2v) is 20.6. The highest BCUT2D eigenvalue weighted by atomic mass is 32.2. The maximum absolute atomic E-state index is 14.4. The van der Waals surface area contributed by atoms with Gasteiger partial charge in [0, 0.05) is 56.3 Å². The minimum Gasteiger partial charge on any atom is -0.458 e. The number of fused-ring (bicyclic) bond motifs is 1. The summed E-state index contributed by atoms with van der Waals surface area (Å²) in [6, 6.07) is 2.83. The summed E-state index contributed by atoms with van der Waals surface area (Å²) in [5, 5.41) is 32.1. The van der Waals surface area contributed by atoms with Gasteiger partial charge in [0.05, 0.1) is 28.4 Å². The van der Waals surface area contributed by atoms with Crippen molar-refractivity contribution in [1.82, 2.24) is 24.9 Å². The number of nitrogens with two attached hydrogens (primary N) is 1. The van der Waals surface area contributed by atoms with Crippen LogP contribution in [0.3, 0.4) is 0 Å². The molecule has 21 heteroatoms. The molecule has 1 amide bonds. The highest BCUT2D eigenvalue weighted by molar-refractivity contribution is 7.90. The number of hydrogen-bond acceptors (Lipinski definition) is 17. The van der Waals surface area contributed by atoms with Crippen LogP contribution < -0.4 is 5.84 Å². The van der Waals surface area contributed by atoms with E-state index in [-0.39, 0.29) is 23.5 Å². The molecule has 65 heavy (non-hydrogen) atoms. The number of ketones is 2. The van der Waals surface area contributed by atoms with Crippen LogP contribution in [0, 0.1) is 23.7 Å². The lowest BCUT2D eigenvalue weighted by Crippen LogP contribution is -2.61. The van der Waals surface area contributed by atoms with E-state index in [2.05, 4.69) is 10.3 Å². The van der Waals surface area contributed by atoms with Gasteiger partial charge in [0.1, 0.15) is 48.8 Å². The van der Waals surface area contributed by atoms with Crippen LogP contribution in [0.4, 0.5) is 9.18 Å². The zero-order valence-electron chi connectivity index (χ0n) is 39.1. The minimum absolute atomic E-state index is 0.0198. The number of halogens is 1. The van der Waals surface area contributed by atoms with Gasteiger partial charge in [-0.25, -0.2) is 33.1 Å². The third-order valence-corrected chi connectivity index (χ3v) is 14.9. The van der Waals surface area contributed by atoms with Gasteiger partial charge >= 0.3 is 12.1 Å². The lowest BCUT2D eigenvalue weighted by molar-refractivity contribution is -0.296. The molecule has 3 aliphatic rings. The van der Waals surface area contributed by atoms with Gasteiger partial charge in [-0.2, -0.15) is 0 Å². The number of alkyl halides is 1. The minimum atomic E-state index is -3.47. The van der Waals surface area contributed by atoms with Crippen LogP contribution in [0.5, 0.6) is 0 Å². The molecule has 19 nitrogen and oxygen atoms in total. The summed E-state index contributed by atoms with van der Waals surface area (Å²) in [5.74, 6) is 0.490. The molecule has 15 atom stereocenters. The number of aliphatic hydroxyl groups excluding tert-OH is 2. The number of likely N-dealkylation sites (N-methyl/N-ethyl adjacent to an activating group) is 1. The van der Waals surface area contributed by atoms with Crippen molar-refractivity contribution >= 4 is 33.5 Å². The van der Waals surface area contributed by atoms with E-state index in [1.165, 1.54) is 49.2 Å². The maximum atomic E-state index is 14.4. The SMILES string of the molecule is CC[C@H]1OC(=O)[C@H](C)C(=O)[C@H](C)[C@@H](O[C@@H]2O[C@H](C)C[C@H](N(C)CCc3cn([C@H](CF)[C@H](O)c4ccc(S(C)(=O)=O)cc4)nn3)[C@H]2O)[C@](C)(OC)C[C@@H](C)C(=O)[C@H](C)[C@H]2N(N)C(=O)O[C@]12C. The Kier molecular flexibility index (Phi) is 16.4. The van der Waals surface area contributed by atoms with Gasteiger partial charge < -0.3 is 38.8 Å². The summed E-state index contributed by atoms with van der Waals surface area (Å²) >= 11 is 0. The number of ether oxygens (including phenoxy) is 5. The Balaban J connectivity index is 1.36. The molecule has 0 unspecified atom stereocenters. The van der Waals surface area contributed by atoms with Gasteiger partial charge in [0.2, 0.25) is 0 Å². The zero-order valence-corrected chi connectivity index (χ0v) is 39.9. The molecule has 0 saturated carbocycles. The molecule has 0 spiro atoms. The number of aromatic nitrogens is 3. The predicted molar refractivity (Wildman–Crippen MR) is 231 cm³/mol. The number of methoxy groups -OCH3 is 1. The number of nitrogens with zero attached hydrogens (tertiary/aromatic N) is 5. The van der Waals surface area contributed by atoms with Crippen molar-refractivity contribution in [3.63, 3.8) is 0 Å². The monoisotopic (exact) mass is 938 g/mol. The number of sulfone groups is 1. The van der Waals surface area contributed by atoms with Crippen molar-refractivity contribution in [1.29, 1.82) is 0 Å². The van der Waals surface area contributed by atoms with Gasteiger partial charge in [-0.3, -0.25) is 14.4 Å². The molecular formula is C44H67FN6O13S. The van der Waals surface area contributed by atoms with E-state index in [0.717, 1.165) is 11.3 Å². The van der Waals surface area contributed by atoms with Crippen LogP contribution in [-0.4, -0.2) is 155 Å². The van der Waals surface area contributed by atoms with Crippen LogP contribution in [0.25, 0.3) is 0 Å². The standard InChI is InChI=1S/C44H67FN6O13S/c1-12-33-44(8)38(51(46)42(57)64-44)25(4)34(52)23(2)20-43(7,60-10)39(26(5)35(53)27(6)40(56)62-33)63-41-37(55)31(19-24(3)61-41)49(9)18-17-29-22-50(48-47-29)32(21-45)36(54)28-13-15-30(16-14-28)65(11,58)59/h13-16,22-27,31-33,36-39,41,54-55H,12,17-21,46H2,1-11H3/t23-,24-,25+,26+,27-,31+,32-,33-,36-,37-,38-,39-,41+,43-,44-/m1/s1. The maximum Gasteiger partial charge on any atom is 0.425 e. The number of aliphatic hydroxyl groups is 2. The van der Waals surface area contributed by atoms with E-state index < -0.39 is 124 Å². The average Bonchev–Trinajstić information content (AvgIpc) is 3.82. The first-order valence-corrected chi connectivity index (χ1v) is 24.0. The number of rotatable bonds is 13. The number of carbonyl (C=O) groups is 4. The van der Waals surface area contributed by atoms with Crippen LogP contribution in [0.1, 0.15) is 98.1 Å². The Hall–Kier alpha value is -3.96. The Labute approximate surface area is 380 Å². The van der Waals surface area contributed by atoms with E-state index in [0.29, 0.717) is 30.6 Å². The van der Waals surface area contributed by atoms with E-state index in [4.69, 9.17) is 29.5 Å². The number of hydrazine groups is 1. The van der Waals surface area contributed by atoms with Crippen molar-refractivity contribution < 1.29 is 65.9 Å². The number of esters is 1. The first-order valence-electron chi connectivity index (χ1n) is 22.1. The Morgan fingerprint density at radius 3 is 2.29 bits per heavy atom. The van der Waals surface area contributed by atoms with Crippen molar-refractivity contribution in [2.24, 2.45) is 29.5 Å². The molecule has 3 aliphatic heterocycles. The second kappa shape index (κ2) is 20.5. The fourth-order valence-electron chi connectivity index (χ4n) is 9.82. The molecule has 3 fully saturated rings. The molecule has 4 heterocycles. The number of cyclic esters (lactones) is 1. The van der Waals surface area contributed by atoms with Crippen molar-refractivity contribution in [2.75, 3.05) is 33.6 Å². The molecule has 1 aromatic carbocycles. The lowest BCUT2D eigenvalue weighted by atomic mass is 9.73. The summed E-state index contributed by atoms with van der Waals surface area (Å²) in [5.41, 5.74) is -2.13. The number of amides is 1. The quantitative estimate of drug-likeness (QED) is 0.113. The topological polar surface area (TPSA) is 252 Å². The zero-order chi connectivity index (χ0) is 48.5. The van der Waals surface area contributed by atoms with Gasteiger partial charge in [-0.15, -0.1) is 5.10 Å². The molecule has 4 N–H and O–H groups in total. The Morgan fingerprint density at radius 1 is 1.06 bits per heavy atom. The van der Waals surface area contributed by atoms with Gasteiger partial charge in [-0.05, 0) is 71.7 Å². The average molecular weight is 939 g/mol. The first-order chi connectivity index (χ1) is 30.3. The summed E-state index contributed by atoms with van der Waals surface area (Å²) in [4.78, 5) is 57.3. The third kappa shape index (κ3) is 10.8. The number of hydrogen-bond donors (Lipinski definition) is 3. The summed E-state index contributed by atoms with van der Waals surface area (Å²) < 4.78 is 70.0. The van der Waals surface area contributed by atoms with Crippen molar-refractivity contribution in [3.05, 3.63) is 41.7 Å². The summed E-state index contributed by atoms with van der Waals surface area (Å²) in [6.45, 7) is 12.5. The highest BCUT2D eigenvalue weighted by Crippen LogP contribution is 2.42. The highest BCUT2D eigenvalue weighted by Gasteiger charge is 2.60. The first kappa shape index (κ1) is 52.0. The van der Waals surface area contributed by atoms with Crippen LogP contribution in [-0.2, 0) is 54.3 Å². The fraction of sp³-hybridized carbons (Fsp3) is 0.727. The van der Waals surface area contributed by atoms with Gasteiger partial charge in [-0.1, -0.05) is 45.0 Å². The molecule has 1 aromatic heterocycles. The number of benzene rings is 1. The van der Waals surface area contributed by atoms with Gasteiger partial charge in [0.25, 0.3) is 0 Å². The Morgan fingerprint density at radius 2 is 1.71 bits per heavy atom. The normalized spacial score (nSPS) is 35.3. The van der Waals surface area contributed by atoms with Crippen molar-refractivity contribution in [3.8, 4) is 0 Å². The van der Waals surface area contributed by atoms with Gasteiger partial charge in [0.15, 0.2) is 27.5 Å². The smallest absolute Gasteiger partial charge is 0.425 e. The van der Waals surface area contributed by atoms with E-state index >= 15 is 0 Å². The van der Waals surface area contributed by atoms with E-state index in [9.17, 15) is 42.2 Å². The molecule has 0 radical (unpaired) electrons. The molecule has 5 rings (SSSR count). The van der Waals surface area contributed by atoms with Crippen LogP contribution in [0.2, 0.25) is 0 Å². The molecule has 364 valence electrons. The second-order valence-electron chi connectivity index (χ2n) is 18.6. The molecule has 0 aliphatic carbocycles. The lowest BCUT2D eigenvalue weighted by Gasteiger charge is -2.47. The summed E-state index contributed by atoms with van der Waals surface area (Å²) in [7, 11) is -0.243. The Bertz CT molecular complexity index is 2130. The van der Waals surface area contributed by atoms with Crippen LogP contribution in [0.15, 0.2) is 35.4 Å². The molecular weight excluding hydrogens is 872 g/mol. The van der Waals surface area contributed by atoms with E-state index in [1.54, 1.807) is 48.6 Å². The van der Waals surface area contributed by atoms with Crippen molar-refractivity contribution in [2.45, 2.75) is 152 Å². The van der Waals surface area contributed by atoms with Crippen LogP contribution >= 0.6 is 0 Å². The predicted octanol–water partition coefficient (Wildman–Crippen LogP) is 2.92.